The summed E-state index contributed by atoms with van der Waals surface area (Å²) in [6.45, 7) is 0.126. The maximum Gasteiger partial charge on any atom is 0.243 e. The van der Waals surface area contributed by atoms with E-state index in [1.165, 1.54) is 31.3 Å². The second kappa shape index (κ2) is 6.95. The number of carbonyl (C=O) groups excluding carboxylic acids is 1. The Kier molecular flexibility index (Phi) is 5.44. The first-order valence-corrected chi connectivity index (χ1v) is 8.86. The van der Waals surface area contributed by atoms with Crippen molar-refractivity contribution in [1.29, 1.82) is 0 Å². The molecule has 122 valence electrons. The third-order valence-electron chi connectivity index (χ3n) is 3.65. The molecule has 1 aliphatic rings. The van der Waals surface area contributed by atoms with E-state index in [1.54, 1.807) is 0 Å². The summed E-state index contributed by atoms with van der Waals surface area (Å²) >= 11 is 5.74. The number of hydrogen-bond donors (Lipinski definition) is 2. The molecule has 8 heteroatoms. The van der Waals surface area contributed by atoms with Gasteiger partial charge in [-0.2, -0.15) is 4.31 Å². The number of likely N-dealkylation sites (N-methyl/N-ethyl adjacent to an activating group) is 1. The van der Waals surface area contributed by atoms with E-state index in [1.807, 2.05) is 0 Å². The van der Waals surface area contributed by atoms with Crippen LogP contribution in [0.2, 0.25) is 5.02 Å². The van der Waals surface area contributed by atoms with Gasteiger partial charge in [0.1, 0.15) is 0 Å². The van der Waals surface area contributed by atoms with Crippen LogP contribution in [0.5, 0.6) is 0 Å². The third kappa shape index (κ3) is 4.42. The average molecular weight is 346 g/mol. The number of rotatable bonds is 7. The van der Waals surface area contributed by atoms with Gasteiger partial charge in [-0.05, 0) is 43.0 Å². The van der Waals surface area contributed by atoms with E-state index in [-0.39, 0.29) is 23.4 Å². The van der Waals surface area contributed by atoms with Gasteiger partial charge in [0.05, 0.1) is 11.4 Å². The van der Waals surface area contributed by atoms with Crippen LogP contribution in [0.1, 0.15) is 12.8 Å². The van der Waals surface area contributed by atoms with Crippen molar-refractivity contribution in [3.63, 3.8) is 0 Å². The Morgan fingerprint density at radius 1 is 1.41 bits per heavy atom. The second-order valence-electron chi connectivity index (χ2n) is 5.52. The van der Waals surface area contributed by atoms with Gasteiger partial charge in [-0.25, -0.2) is 8.42 Å². The van der Waals surface area contributed by atoms with E-state index < -0.39 is 10.0 Å². The number of hydrogen-bond acceptors (Lipinski definition) is 4. The molecule has 0 bridgehead atoms. The molecule has 1 fully saturated rings. The molecule has 0 saturated heterocycles. The molecule has 1 aromatic rings. The zero-order valence-corrected chi connectivity index (χ0v) is 13.9. The lowest BCUT2D eigenvalue weighted by atomic mass is 10.2. The van der Waals surface area contributed by atoms with Crippen molar-refractivity contribution < 1.29 is 13.2 Å². The number of nitrogens with zero attached hydrogens (tertiary/aromatic N) is 1. The first-order chi connectivity index (χ1) is 10.3. The van der Waals surface area contributed by atoms with Gasteiger partial charge in [0.15, 0.2) is 0 Å². The molecule has 22 heavy (non-hydrogen) atoms. The van der Waals surface area contributed by atoms with Gasteiger partial charge >= 0.3 is 0 Å². The van der Waals surface area contributed by atoms with Crippen LogP contribution in [-0.2, 0) is 14.8 Å². The van der Waals surface area contributed by atoms with Gasteiger partial charge in [0, 0.05) is 24.7 Å². The van der Waals surface area contributed by atoms with Crippen LogP contribution in [-0.4, -0.2) is 44.8 Å². The fourth-order valence-electron chi connectivity index (χ4n) is 2.05. The number of nitrogens with one attached hydrogen (secondary N) is 1. The lowest BCUT2D eigenvalue weighted by Crippen LogP contribution is -2.43. The molecule has 0 aliphatic heterocycles. The third-order valence-corrected chi connectivity index (χ3v) is 5.72. The highest BCUT2D eigenvalue weighted by Crippen LogP contribution is 2.31. The molecule has 2 rings (SSSR count). The normalized spacial score (nSPS) is 16.5. The lowest BCUT2D eigenvalue weighted by molar-refractivity contribution is -0.121. The minimum Gasteiger partial charge on any atom is -0.353 e. The lowest BCUT2D eigenvalue weighted by Gasteiger charge is -2.18. The topological polar surface area (TPSA) is 92.5 Å². The molecular weight excluding hydrogens is 326 g/mol. The van der Waals surface area contributed by atoms with Crippen molar-refractivity contribution in [1.82, 2.24) is 9.62 Å². The van der Waals surface area contributed by atoms with Crippen molar-refractivity contribution in [2.75, 3.05) is 20.1 Å². The Morgan fingerprint density at radius 2 is 2.00 bits per heavy atom. The predicted octanol–water partition coefficient (Wildman–Crippen LogP) is 0.814. The molecule has 0 aromatic heterocycles. The number of amides is 1. The van der Waals surface area contributed by atoms with Crippen molar-refractivity contribution in [3.05, 3.63) is 29.3 Å². The minimum absolute atomic E-state index is 0.0536. The van der Waals surface area contributed by atoms with E-state index in [0.717, 1.165) is 17.1 Å². The zero-order valence-electron chi connectivity index (χ0n) is 12.3. The largest absolute Gasteiger partial charge is 0.353 e. The molecule has 0 radical (unpaired) electrons. The van der Waals surface area contributed by atoms with Crippen LogP contribution in [0.15, 0.2) is 29.2 Å². The van der Waals surface area contributed by atoms with E-state index in [0.29, 0.717) is 17.5 Å². The highest BCUT2D eigenvalue weighted by atomic mass is 35.5. The van der Waals surface area contributed by atoms with Crippen molar-refractivity contribution in [3.8, 4) is 0 Å². The minimum atomic E-state index is -3.71. The summed E-state index contributed by atoms with van der Waals surface area (Å²) in [5, 5.41) is 3.13. The van der Waals surface area contributed by atoms with Crippen LogP contribution in [0.25, 0.3) is 0 Å². The van der Waals surface area contributed by atoms with Crippen LogP contribution < -0.4 is 11.1 Å². The fraction of sp³-hybridized carbons (Fsp3) is 0.500. The van der Waals surface area contributed by atoms with E-state index >= 15 is 0 Å². The number of benzene rings is 1. The average Bonchev–Trinajstić information content (AvgIpc) is 3.29. The van der Waals surface area contributed by atoms with Gasteiger partial charge in [0.2, 0.25) is 15.9 Å². The standard InChI is InChI=1S/C14H20ClN3O3S/c1-18(9-14(19)17-8-13(16)10-2-3-10)22(20,21)12-6-4-11(15)5-7-12/h4-7,10,13H,2-3,8-9,16H2,1H3,(H,17,19). The number of carbonyl (C=O) groups is 1. The first kappa shape index (κ1) is 17.2. The molecule has 0 spiro atoms. The molecule has 1 aromatic carbocycles. The Hall–Kier alpha value is -1.15. The number of nitrogens with two attached hydrogens (primary N) is 1. The molecule has 1 atom stereocenters. The van der Waals surface area contributed by atoms with Crippen molar-refractivity contribution in [2.45, 2.75) is 23.8 Å². The summed E-state index contributed by atoms with van der Waals surface area (Å²) in [6.07, 6.45) is 2.20. The Bertz CT molecular complexity index is 629. The number of halogens is 1. The van der Waals surface area contributed by atoms with Gasteiger partial charge in [-0.1, -0.05) is 11.6 Å². The summed E-state index contributed by atoms with van der Waals surface area (Å²) in [4.78, 5) is 11.9. The summed E-state index contributed by atoms with van der Waals surface area (Å²) in [5.74, 6) is 0.118. The van der Waals surface area contributed by atoms with Crippen LogP contribution >= 0.6 is 11.6 Å². The van der Waals surface area contributed by atoms with Gasteiger partial charge in [-0.15, -0.1) is 0 Å². The van der Waals surface area contributed by atoms with Gasteiger partial charge < -0.3 is 11.1 Å². The molecule has 6 nitrogen and oxygen atoms in total. The molecule has 0 heterocycles. The zero-order chi connectivity index (χ0) is 16.3. The van der Waals surface area contributed by atoms with Crippen molar-refractivity contribution >= 4 is 27.5 Å². The van der Waals surface area contributed by atoms with Gasteiger partial charge in [-0.3, -0.25) is 4.79 Å². The summed E-state index contributed by atoms with van der Waals surface area (Å²) < 4.78 is 25.6. The van der Waals surface area contributed by atoms with Crippen LogP contribution in [0.4, 0.5) is 0 Å². The summed E-state index contributed by atoms with van der Waals surface area (Å²) in [6, 6.07) is 5.76. The van der Waals surface area contributed by atoms with E-state index in [4.69, 9.17) is 17.3 Å². The Balaban J connectivity index is 1.90. The highest BCUT2D eigenvalue weighted by molar-refractivity contribution is 7.89. The first-order valence-electron chi connectivity index (χ1n) is 7.05. The summed E-state index contributed by atoms with van der Waals surface area (Å²) in [7, 11) is -2.35. The smallest absolute Gasteiger partial charge is 0.243 e. The van der Waals surface area contributed by atoms with E-state index in [9.17, 15) is 13.2 Å². The maximum atomic E-state index is 12.3. The Labute approximate surface area is 135 Å². The molecular formula is C14H20ClN3O3S. The second-order valence-corrected chi connectivity index (χ2v) is 8.00. The highest BCUT2D eigenvalue weighted by Gasteiger charge is 2.29. The van der Waals surface area contributed by atoms with Gasteiger partial charge in [0.25, 0.3) is 0 Å². The molecule has 1 unspecified atom stereocenters. The molecule has 1 amide bonds. The number of sulfonamides is 1. The van der Waals surface area contributed by atoms with E-state index in [2.05, 4.69) is 5.32 Å². The molecule has 1 aliphatic carbocycles. The van der Waals surface area contributed by atoms with Crippen LogP contribution in [0.3, 0.4) is 0 Å². The van der Waals surface area contributed by atoms with Crippen molar-refractivity contribution in [2.24, 2.45) is 11.7 Å². The molecule has 1 saturated carbocycles. The summed E-state index contributed by atoms with van der Waals surface area (Å²) in [5.41, 5.74) is 5.89. The predicted molar refractivity (Wildman–Crippen MR) is 85.0 cm³/mol. The molecule has 3 N–H and O–H groups in total. The Morgan fingerprint density at radius 3 is 2.55 bits per heavy atom. The van der Waals surface area contributed by atoms with Crippen LogP contribution in [0, 0.1) is 5.92 Å². The SMILES string of the molecule is CN(CC(=O)NCC(N)C1CC1)S(=O)(=O)c1ccc(Cl)cc1. The quantitative estimate of drug-likeness (QED) is 0.765. The fourth-order valence-corrected chi connectivity index (χ4v) is 3.31. The monoisotopic (exact) mass is 345 g/mol. The maximum absolute atomic E-state index is 12.3.